The normalized spacial score (nSPS) is 17.4. The summed E-state index contributed by atoms with van der Waals surface area (Å²) in [7, 11) is 0. The first-order valence-corrected chi connectivity index (χ1v) is 19.7. The van der Waals surface area contributed by atoms with E-state index in [0.717, 1.165) is 52.0 Å². The van der Waals surface area contributed by atoms with Crippen molar-refractivity contribution in [2.75, 3.05) is 13.1 Å². The monoisotopic (exact) mass is 792 g/mol. The van der Waals surface area contributed by atoms with Gasteiger partial charge in [0.1, 0.15) is 23.7 Å². The maximum absolute atomic E-state index is 13.8. The lowest BCUT2D eigenvalue weighted by Gasteiger charge is -2.28. The summed E-state index contributed by atoms with van der Waals surface area (Å²) in [6, 6.07) is 29.5. The van der Waals surface area contributed by atoms with Crippen LogP contribution >= 0.6 is 0 Å². The third-order valence-electron chi connectivity index (χ3n) is 11.2. The molecule has 0 bridgehead atoms. The third kappa shape index (κ3) is 8.15. The lowest BCUT2D eigenvalue weighted by atomic mass is 9.96. The van der Waals surface area contributed by atoms with Gasteiger partial charge in [-0.15, -0.1) is 0 Å². The summed E-state index contributed by atoms with van der Waals surface area (Å²) in [6.07, 6.45) is 3.99. The quantitative estimate of drug-likeness (QED) is 0.0765. The van der Waals surface area contributed by atoms with E-state index in [4.69, 9.17) is 0 Å². The van der Waals surface area contributed by atoms with Crippen molar-refractivity contribution in [1.82, 2.24) is 40.4 Å². The van der Waals surface area contributed by atoms with Crippen LogP contribution in [0.2, 0.25) is 0 Å². The van der Waals surface area contributed by atoms with Crippen LogP contribution in [0.15, 0.2) is 116 Å². The van der Waals surface area contributed by atoms with Crippen molar-refractivity contribution >= 4 is 24.0 Å². The summed E-state index contributed by atoms with van der Waals surface area (Å²) in [5.74, 6) is 0.695. The number of carboxylic acid groups (broad SMARTS) is 2. The fraction of sp³-hybridized carbons (Fsp3) is 0.244. The Bertz CT molecular complexity index is 2470. The molecule has 2 saturated heterocycles. The first-order chi connectivity index (χ1) is 28.6. The van der Waals surface area contributed by atoms with E-state index in [1.807, 2.05) is 30.3 Å². The van der Waals surface area contributed by atoms with Crippen LogP contribution in [0.25, 0.3) is 33.6 Å². The maximum atomic E-state index is 13.8. The number of H-pyrrole nitrogens is 2. The standard InChI is InChI=1S/C45H44N8O6/c1-27-24-32(35-26-47-41(49-35)37-15-9-23-53(37)43(55)39(51-45(58)59)31-12-6-3-7-13-31)20-21-33(27)28-16-18-29(19-17-28)34-25-46-40(48-34)36-14-8-22-52(36)42(54)38(50-44(56)57)30-10-4-2-5-11-30/h2-7,10-13,16-21,24-26,36-39,50-51H,8-9,14-15,22-23H2,1H3,(H,46,48)(H,47,49)(H,56,57)(H,58,59)/t36-,37-,38+,39+/m0/s1. The number of imidazole rings is 2. The fourth-order valence-corrected chi connectivity index (χ4v) is 8.36. The van der Waals surface area contributed by atoms with Gasteiger partial charge in [-0.2, -0.15) is 0 Å². The number of aryl methyl sites for hydroxylation is 1. The summed E-state index contributed by atoms with van der Waals surface area (Å²) in [4.78, 5) is 70.4. The molecule has 0 saturated carbocycles. The van der Waals surface area contributed by atoms with Crippen molar-refractivity contribution in [2.24, 2.45) is 0 Å². The van der Waals surface area contributed by atoms with E-state index in [1.54, 1.807) is 70.7 Å². The molecule has 0 radical (unpaired) electrons. The summed E-state index contributed by atoms with van der Waals surface area (Å²) in [6.45, 7) is 3.06. The smallest absolute Gasteiger partial charge is 0.405 e. The van der Waals surface area contributed by atoms with Crippen LogP contribution in [-0.2, 0) is 9.59 Å². The van der Waals surface area contributed by atoms with E-state index < -0.39 is 24.3 Å². The lowest BCUT2D eigenvalue weighted by molar-refractivity contribution is -0.135. The number of hydrogen-bond donors (Lipinski definition) is 6. The highest BCUT2D eigenvalue weighted by atomic mass is 16.4. The molecule has 4 aromatic carbocycles. The number of benzene rings is 4. The molecule has 2 fully saturated rings. The van der Waals surface area contributed by atoms with Crippen molar-refractivity contribution in [2.45, 2.75) is 56.8 Å². The molecule has 8 rings (SSSR count). The van der Waals surface area contributed by atoms with Gasteiger partial charge in [-0.05, 0) is 77.6 Å². The Hall–Kier alpha value is -7.22. The number of rotatable bonds is 11. The Morgan fingerprint density at radius 1 is 0.627 bits per heavy atom. The zero-order valence-corrected chi connectivity index (χ0v) is 32.3. The van der Waals surface area contributed by atoms with Crippen LogP contribution in [0, 0.1) is 6.92 Å². The molecule has 2 aliphatic rings. The van der Waals surface area contributed by atoms with Gasteiger partial charge in [0.2, 0.25) is 0 Å². The minimum atomic E-state index is -1.26. The topological polar surface area (TPSA) is 197 Å². The van der Waals surface area contributed by atoms with E-state index >= 15 is 0 Å². The second-order valence-corrected chi connectivity index (χ2v) is 14.9. The first-order valence-electron chi connectivity index (χ1n) is 19.7. The molecule has 59 heavy (non-hydrogen) atoms. The summed E-state index contributed by atoms with van der Waals surface area (Å²) < 4.78 is 0. The van der Waals surface area contributed by atoms with E-state index in [9.17, 15) is 29.4 Å². The van der Waals surface area contributed by atoms with Gasteiger partial charge in [-0.3, -0.25) is 9.59 Å². The van der Waals surface area contributed by atoms with Crippen LogP contribution < -0.4 is 10.6 Å². The van der Waals surface area contributed by atoms with Gasteiger partial charge in [-0.1, -0.05) is 97.1 Å². The number of nitrogens with zero attached hydrogens (tertiary/aromatic N) is 4. The molecular weight excluding hydrogens is 749 g/mol. The number of aromatic amines is 2. The largest absolute Gasteiger partial charge is 0.465 e. The molecule has 6 aromatic rings. The molecule has 2 aromatic heterocycles. The van der Waals surface area contributed by atoms with E-state index in [2.05, 4.69) is 61.8 Å². The molecular formula is C45H44N8O6. The number of hydrogen-bond acceptors (Lipinski definition) is 6. The molecule has 0 unspecified atom stereocenters. The highest BCUT2D eigenvalue weighted by molar-refractivity contribution is 5.88. The Balaban J connectivity index is 0.948. The zero-order valence-electron chi connectivity index (χ0n) is 32.3. The highest BCUT2D eigenvalue weighted by Crippen LogP contribution is 2.37. The van der Waals surface area contributed by atoms with Crippen molar-refractivity contribution in [3.8, 4) is 33.6 Å². The summed E-state index contributed by atoms with van der Waals surface area (Å²) >= 11 is 0. The Morgan fingerprint density at radius 2 is 1.07 bits per heavy atom. The van der Waals surface area contributed by atoms with Crippen LogP contribution in [0.3, 0.4) is 0 Å². The average Bonchev–Trinajstić information content (AvgIpc) is 4.09. The predicted molar refractivity (Wildman–Crippen MR) is 220 cm³/mol. The van der Waals surface area contributed by atoms with Crippen LogP contribution in [0.1, 0.15) is 78.2 Å². The summed E-state index contributed by atoms with van der Waals surface area (Å²) in [5, 5.41) is 23.8. The molecule has 0 aliphatic carbocycles. The van der Waals surface area contributed by atoms with Crippen molar-refractivity contribution in [3.05, 3.63) is 144 Å². The number of amides is 4. The molecule has 0 spiro atoms. The fourth-order valence-electron chi connectivity index (χ4n) is 8.36. The van der Waals surface area contributed by atoms with Crippen molar-refractivity contribution in [1.29, 1.82) is 0 Å². The second-order valence-electron chi connectivity index (χ2n) is 14.9. The van der Waals surface area contributed by atoms with Crippen molar-refractivity contribution < 1.29 is 29.4 Å². The molecule has 14 heteroatoms. The maximum Gasteiger partial charge on any atom is 0.405 e. The van der Waals surface area contributed by atoms with Gasteiger partial charge < -0.3 is 40.6 Å². The molecule has 14 nitrogen and oxygen atoms in total. The summed E-state index contributed by atoms with van der Waals surface area (Å²) in [5.41, 5.74) is 7.85. The molecule has 2 aliphatic heterocycles. The molecule has 4 heterocycles. The molecule has 4 atom stereocenters. The van der Waals surface area contributed by atoms with Crippen LogP contribution in [0.4, 0.5) is 9.59 Å². The van der Waals surface area contributed by atoms with Crippen LogP contribution in [-0.4, -0.2) is 77.0 Å². The average molecular weight is 793 g/mol. The first kappa shape index (κ1) is 38.6. The van der Waals surface area contributed by atoms with Crippen molar-refractivity contribution in [3.63, 3.8) is 0 Å². The number of likely N-dealkylation sites (tertiary alicyclic amines) is 2. The predicted octanol–water partition coefficient (Wildman–Crippen LogP) is 7.79. The Labute approximate surface area is 340 Å². The number of carbonyl (C=O) groups is 4. The van der Waals surface area contributed by atoms with Gasteiger partial charge in [0.05, 0.1) is 35.9 Å². The Morgan fingerprint density at radius 3 is 1.53 bits per heavy atom. The molecule has 300 valence electrons. The van der Waals surface area contributed by atoms with Gasteiger partial charge in [0, 0.05) is 13.1 Å². The van der Waals surface area contributed by atoms with Gasteiger partial charge in [-0.25, -0.2) is 19.6 Å². The second kappa shape index (κ2) is 16.7. The van der Waals surface area contributed by atoms with E-state index in [0.29, 0.717) is 48.7 Å². The van der Waals surface area contributed by atoms with Gasteiger partial charge >= 0.3 is 12.2 Å². The minimum absolute atomic E-state index is 0.308. The van der Waals surface area contributed by atoms with Gasteiger partial charge in [0.15, 0.2) is 0 Å². The Kier molecular flexibility index (Phi) is 10.9. The minimum Gasteiger partial charge on any atom is -0.465 e. The van der Waals surface area contributed by atoms with Crippen LogP contribution in [0.5, 0.6) is 0 Å². The third-order valence-corrected chi connectivity index (χ3v) is 11.2. The van der Waals surface area contributed by atoms with Gasteiger partial charge in [0.25, 0.3) is 11.8 Å². The SMILES string of the molecule is Cc1cc(-c2cnc([C@@H]3CCCN3C(=O)[C@H](NC(=O)O)c3ccccc3)[nH]2)ccc1-c1ccc(-c2cnc([C@@H]3CCCN3C(=O)[C@H](NC(=O)O)c3ccccc3)[nH]2)cc1. The number of carbonyl (C=O) groups excluding carboxylic acids is 2. The van der Waals surface area contributed by atoms with E-state index in [1.165, 1.54) is 0 Å². The van der Waals surface area contributed by atoms with E-state index in [-0.39, 0.29) is 23.9 Å². The number of nitrogens with one attached hydrogen (secondary N) is 4. The highest BCUT2D eigenvalue weighted by Gasteiger charge is 2.38. The lowest BCUT2D eigenvalue weighted by Crippen LogP contribution is -2.42. The molecule has 4 amide bonds. The molecule has 6 N–H and O–H groups in total. The zero-order chi connectivity index (χ0) is 41.0. The number of aromatic nitrogens is 4.